The van der Waals surface area contributed by atoms with Gasteiger partial charge in [0.25, 0.3) is 0 Å². The fourth-order valence-corrected chi connectivity index (χ4v) is 3.27. The molecule has 3 rings (SSSR count). The average molecular weight is 291 g/mol. The van der Waals surface area contributed by atoms with Crippen LogP contribution in [0.5, 0.6) is 5.88 Å². The van der Waals surface area contributed by atoms with Gasteiger partial charge in [-0.1, -0.05) is 6.42 Å². The maximum absolute atomic E-state index is 6.01. The molecule has 21 heavy (non-hydrogen) atoms. The van der Waals surface area contributed by atoms with Gasteiger partial charge in [-0.3, -0.25) is 4.98 Å². The molecular formula is C16H25N3O2. The van der Waals surface area contributed by atoms with Gasteiger partial charge in [0.2, 0.25) is 5.88 Å². The van der Waals surface area contributed by atoms with E-state index in [1.54, 1.807) is 6.20 Å². The van der Waals surface area contributed by atoms with E-state index in [0.29, 0.717) is 12.0 Å². The Morgan fingerprint density at radius 3 is 2.52 bits per heavy atom. The minimum Gasteiger partial charge on any atom is -0.473 e. The van der Waals surface area contributed by atoms with Gasteiger partial charge in [-0.25, -0.2) is 0 Å². The largest absolute Gasteiger partial charge is 0.473 e. The Balaban J connectivity index is 1.67. The molecule has 1 aliphatic carbocycles. The number of aromatic nitrogens is 2. The van der Waals surface area contributed by atoms with Gasteiger partial charge in [-0.2, -0.15) is 4.98 Å². The highest BCUT2D eigenvalue weighted by atomic mass is 16.5. The quantitative estimate of drug-likeness (QED) is 0.857. The molecule has 2 aliphatic rings. The Hall–Kier alpha value is -1.36. The van der Waals surface area contributed by atoms with E-state index < -0.39 is 0 Å². The second kappa shape index (κ2) is 6.60. The Bertz CT molecular complexity index is 453. The molecule has 0 amide bonds. The van der Waals surface area contributed by atoms with Crippen LogP contribution in [-0.4, -0.2) is 41.4 Å². The summed E-state index contributed by atoms with van der Waals surface area (Å²) in [5.74, 6) is 1.55. The van der Waals surface area contributed by atoms with Gasteiger partial charge >= 0.3 is 0 Å². The topological polar surface area (TPSA) is 47.5 Å². The number of hydrogen-bond acceptors (Lipinski definition) is 5. The number of rotatable bonds is 3. The molecule has 1 saturated carbocycles. The van der Waals surface area contributed by atoms with Gasteiger partial charge in [0.1, 0.15) is 6.10 Å². The molecule has 116 valence electrons. The van der Waals surface area contributed by atoms with Crippen molar-refractivity contribution in [3.05, 3.63) is 12.4 Å². The van der Waals surface area contributed by atoms with Gasteiger partial charge in [0.05, 0.1) is 24.6 Å². The Morgan fingerprint density at radius 1 is 1.10 bits per heavy atom. The molecule has 1 aromatic rings. The average Bonchev–Trinajstić information content (AvgIpc) is 2.47. The highest BCUT2D eigenvalue weighted by Crippen LogP contribution is 2.24. The molecule has 0 aromatic carbocycles. The molecule has 0 bridgehead atoms. The molecule has 2 fully saturated rings. The lowest BCUT2D eigenvalue weighted by molar-refractivity contribution is -0.00554. The first kappa shape index (κ1) is 14.6. The molecule has 5 nitrogen and oxygen atoms in total. The van der Waals surface area contributed by atoms with Gasteiger partial charge in [0, 0.05) is 13.1 Å². The van der Waals surface area contributed by atoms with Crippen LogP contribution in [0.1, 0.15) is 46.0 Å². The van der Waals surface area contributed by atoms with E-state index in [1.807, 2.05) is 6.20 Å². The van der Waals surface area contributed by atoms with Crippen LogP contribution in [0.2, 0.25) is 0 Å². The van der Waals surface area contributed by atoms with Crippen molar-refractivity contribution < 1.29 is 9.47 Å². The third kappa shape index (κ3) is 3.84. The van der Waals surface area contributed by atoms with Crippen LogP contribution in [0.15, 0.2) is 12.4 Å². The molecule has 0 radical (unpaired) electrons. The van der Waals surface area contributed by atoms with Crippen molar-refractivity contribution in [2.45, 2.75) is 64.3 Å². The van der Waals surface area contributed by atoms with Crippen molar-refractivity contribution in [3.63, 3.8) is 0 Å². The summed E-state index contributed by atoms with van der Waals surface area (Å²) in [5.41, 5.74) is 0. The zero-order chi connectivity index (χ0) is 14.7. The third-order valence-corrected chi connectivity index (χ3v) is 4.18. The predicted molar refractivity (Wildman–Crippen MR) is 81.8 cm³/mol. The SMILES string of the molecule is C[C@@H]1CN(c2cncc(OC3CCCCC3)n2)C[C@H](C)O1. The van der Waals surface area contributed by atoms with Gasteiger partial charge in [0.15, 0.2) is 5.82 Å². The maximum Gasteiger partial charge on any atom is 0.234 e. The van der Waals surface area contributed by atoms with Crippen LogP contribution in [0.3, 0.4) is 0 Å². The van der Waals surface area contributed by atoms with E-state index in [9.17, 15) is 0 Å². The lowest BCUT2D eigenvalue weighted by Gasteiger charge is -2.36. The summed E-state index contributed by atoms with van der Waals surface area (Å²) in [4.78, 5) is 11.2. The Labute approximate surface area is 126 Å². The summed E-state index contributed by atoms with van der Waals surface area (Å²) in [6, 6.07) is 0. The molecule has 2 heterocycles. The standard InChI is InChI=1S/C16H25N3O2/c1-12-10-19(11-13(2)20-12)15-8-17-9-16(18-15)21-14-6-4-3-5-7-14/h8-9,12-14H,3-7,10-11H2,1-2H3/t12-,13+. The Morgan fingerprint density at radius 2 is 1.81 bits per heavy atom. The lowest BCUT2D eigenvalue weighted by Crippen LogP contribution is -2.45. The van der Waals surface area contributed by atoms with Crippen LogP contribution in [-0.2, 0) is 4.74 Å². The van der Waals surface area contributed by atoms with Crippen LogP contribution in [0.25, 0.3) is 0 Å². The summed E-state index contributed by atoms with van der Waals surface area (Å²) in [6.07, 6.45) is 10.4. The minimum atomic E-state index is 0.221. The highest BCUT2D eigenvalue weighted by Gasteiger charge is 2.24. The molecule has 0 N–H and O–H groups in total. The van der Waals surface area contributed by atoms with Crippen molar-refractivity contribution in [2.24, 2.45) is 0 Å². The first-order chi connectivity index (χ1) is 10.2. The van der Waals surface area contributed by atoms with Gasteiger partial charge in [-0.15, -0.1) is 0 Å². The molecular weight excluding hydrogens is 266 g/mol. The lowest BCUT2D eigenvalue weighted by atomic mass is 9.98. The van der Waals surface area contributed by atoms with Crippen molar-refractivity contribution in [1.29, 1.82) is 0 Å². The molecule has 1 aliphatic heterocycles. The predicted octanol–water partition coefficient (Wildman–Crippen LogP) is 2.80. The van der Waals surface area contributed by atoms with E-state index in [1.165, 1.54) is 19.3 Å². The maximum atomic E-state index is 6.01. The fraction of sp³-hybridized carbons (Fsp3) is 0.750. The van der Waals surface area contributed by atoms with Gasteiger partial charge in [-0.05, 0) is 39.5 Å². The van der Waals surface area contributed by atoms with Crippen molar-refractivity contribution >= 4 is 5.82 Å². The monoisotopic (exact) mass is 291 g/mol. The molecule has 0 spiro atoms. The fourth-order valence-electron chi connectivity index (χ4n) is 3.27. The first-order valence-corrected chi connectivity index (χ1v) is 8.10. The summed E-state index contributed by atoms with van der Waals surface area (Å²) >= 11 is 0. The first-order valence-electron chi connectivity index (χ1n) is 8.10. The highest BCUT2D eigenvalue weighted by molar-refractivity contribution is 5.38. The molecule has 1 saturated heterocycles. The summed E-state index contributed by atoms with van der Waals surface area (Å²) in [6.45, 7) is 5.90. The molecule has 0 unspecified atom stereocenters. The minimum absolute atomic E-state index is 0.221. The van der Waals surface area contributed by atoms with Crippen LogP contribution >= 0.6 is 0 Å². The molecule has 5 heteroatoms. The van der Waals surface area contributed by atoms with Crippen molar-refractivity contribution in [1.82, 2.24) is 9.97 Å². The van der Waals surface area contributed by atoms with E-state index in [0.717, 1.165) is 31.7 Å². The number of hydrogen-bond donors (Lipinski definition) is 0. The third-order valence-electron chi connectivity index (χ3n) is 4.18. The van der Waals surface area contributed by atoms with E-state index in [-0.39, 0.29) is 12.2 Å². The zero-order valence-corrected chi connectivity index (χ0v) is 13.0. The van der Waals surface area contributed by atoms with Crippen LogP contribution < -0.4 is 9.64 Å². The van der Waals surface area contributed by atoms with Crippen molar-refractivity contribution in [2.75, 3.05) is 18.0 Å². The molecule has 1 aromatic heterocycles. The van der Waals surface area contributed by atoms with Crippen LogP contribution in [0.4, 0.5) is 5.82 Å². The number of nitrogens with zero attached hydrogens (tertiary/aromatic N) is 3. The van der Waals surface area contributed by atoms with E-state index in [2.05, 4.69) is 28.7 Å². The number of anilines is 1. The summed E-state index contributed by atoms with van der Waals surface area (Å²) in [5, 5.41) is 0. The summed E-state index contributed by atoms with van der Waals surface area (Å²) < 4.78 is 11.8. The summed E-state index contributed by atoms with van der Waals surface area (Å²) in [7, 11) is 0. The van der Waals surface area contributed by atoms with Crippen molar-refractivity contribution in [3.8, 4) is 5.88 Å². The molecule has 2 atom stereocenters. The smallest absolute Gasteiger partial charge is 0.234 e. The normalized spacial score (nSPS) is 27.6. The second-order valence-electron chi connectivity index (χ2n) is 6.26. The number of ether oxygens (including phenoxy) is 2. The second-order valence-corrected chi connectivity index (χ2v) is 6.26. The Kier molecular flexibility index (Phi) is 4.58. The van der Waals surface area contributed by atoms with Crippen LogP contribution in [0, 0.1) is 0 Å². The number of morpholine rings is 1. The van der Waals surface area contributed by atoms with Gasteiger partial charge < -0.3 is 14.4 Å². The van der Waals surface area contributed by atoms with E-state index in [4.69, 9.17) is 9.47 Å². The van der Waals surface area contributed by atoms with E-state index >= 15 is 0 Å². The zero-order valence-electron chi connectivity index (χ0n) is 13.0.